The fraction of sp³-hybridized carbons (Fsp3) is 0.364. The third-order valence-corrected chi connectivity index (χ3v) is 7.02. The van der Waals surface area contributed by atoms with Crippen LogP contribution >= 0.6 is 0 Å². The molecule has 1 saturated heterocycles. The summed E-state index contributed by atoms with van der Waals surface area (Å²) in [4.78, 5) is 15.2. The van der Waals surface area contributed by atoms with Crippen LogP contribution in [0.1, 0.15) is 24.0 Å². The van der Waals surface area contributed by atoms with Crippen LogP contribution < -0.4 is 14.8 Å². The molecule has 0 unspecified atom stereocenters. The Kier molecular flexibility index (Phi) is 5.62. The standard InChI is InChI=1S/C22H25N3O5S/c1-14-11-18(29-2)19(30-3)12-17(14)23-22(26)15-7-6-10-25(13-15)21-16-8-4-5-9-20(16)31(27,28)24-21/h4-5,8-9,11-12,15H,6-7,10,13H2,1-3H3,(H,23,26)/t15-/m1/s1. The van der Waals surface area contributed by atoms with Crippen LogP contribution in [0.4, 0.5) is 5.69 Å². The first kappa shape index (κ1) is 21.2. The van der Waals surface area contributed by atoms with E-state index in [0.717, 1.165) is 18.4 Å². The summed E-state index contributed by atoms with van der Waals surface area (Å²) in [6, 6.07) is 10.4. The Labute approximate surface area is 181 Å². The largest absolute Gasteiger partial charge is 0.493 e. The molecule has 1 N–H and O–H groups in total. The zero-order valence-electron chi connectivity index (χ0n) is 17.7. The van der Waals surface area contributed by atoms with E-state index in [9.17, 15) is 13.2 Å². The molecule has 0 saturated carbocycles. The third kappa shape index (κ3) is 3.97. The Morgan fingerprint density at radius 2 is 1.87 bits per heavy atom. The van der Waals surface area contributed by atoms with Crippen LogP contribution in [0.25, 0.3) is 0 Å². The van der Waals surface area contributed by atoms with E-state index in [0.29, 0.717) is 41.7 Å². The Hall–Kier alpha value is -3.07. The normalized spacial score (nSPS) is 19.4. The van der Waals surface area contributed by atoms with Crippen LogP contribution in [0.2, 0.25) is 0 Å². The van der Waals surface area contributed by atoms with Crippen LogP contribution in [0, 0.1) is 12.8 Å². The topological polar surface area (TPSA) is 97.3 Å². The molecule has 0 bridgehead atoms. The van der Waals surface area contributed by atoms with Gasteiger partial charge in [-0.05, 0) is 43.5 Å². The van der Waals surface area contributed by atoms with Crippen molar-refractivity contribution in [2.45, 2.75) is 24.7 Å². The lowest BCUT2D eigenvalue weighted by molar-refractivity contribution is -0.121. The number of nitrogens with zero attached hydrogens (tertiary/aromatic N) is 2. The molecule has 4 rings (SSSR count). The number of carbonyl (C=O) groups excluding carboxylic acids is 1. The summed E-state index contributed by atoms with van der Waals surface area (Å²) in [5, 5.41) is 2.99. The number of piperidine rings is 1. The van der Waals surface area contributed by atoms with E-state index in [1.165, 1.54) is 0 Å². The number of benzene rings is 2. The maximum Gasteiger partial charge on any atom is 0.285 e. The summed E-state index contributed by atoms with van der Waals surface area (Å²) in [6.07, 6.45) is 1.49. The molecule has 164 valence electrons. The van der Waals surface area contributed by atoms with Gasteiger partial charge in [-0.15, -0.1) is 4.40 Å². The second kappa shape index (κ2) is 8.22. The van der Waals surface area contributed by atoms with Gasteiger partial charge in [-0.1, -0.05) is 12.1 Å². The monoisotopic (exact) mass is 443 g/mol. The first-order valence-electron chi connectivity index (χ1n) is 10.1. The molecule has 2 aromatic carbocycles. The number of methoxy groups -OCH3 is 2. The number of sulfonamides is 1. The average Bonchev–Trinajstić information content (AvgIpc) is 3.06. The first-order chi connectivity index (χ1) is 14.8. The van der Waals surface area contributed by atoms with Gasteiger partial charge in [0.15, 0.2) is 17.3 Å². The Balaban J connectivity index is 1.53. The van der Waals surface area contributed by atoms with E-state index in [1.807, 2.05) is 17.9 Å². The zero-order valence-corrected chi connectivity index (χ0v) is 18.5. The van der Waals surface area contributed by atoms with Crippen LogP contribution in [0.3, 0.4) is 0 Å². The van der Waals surface area contributed by atoms with E-state index in [4.69, 9.17) is 9.47 Å². The number of ether oxygens (including phenoxy) is 2. The van der Waals surface area contributed by atoms with Crippen molar-refractivity contribution >= 4 is 27.5 Å². The quantitative estimate of drug-likeness (QED) is 0.781. The lowest BCUT2D eigenvalue weighted by atomic mass is 9.96. The number of fused-ring (bicyclic) bond motifs is 1. The molecule has 0 aliphatic carbocycles. The Morgan fingerprint density at radius 1 is 1.16 bits per heavy atom. The number of nitrogens with one attached hydrogen (secondary N) is 1. The minimum atomic E-state index is -3.69. The molecule has 9 heteroatoms. The SMILES string of the molecule is COc1cc(C)c(NC(=O)[C@@H]2CCCN(C3=NS(=O)(=O)c4ccccc43)C2)cc1OC. The second-order valence-corrected chi connectivity index (χ2v) is 9.26. The molecule has 0 aromatic heterocycles. The van der Waals surface area contributed by atoms with Crippen LogP contribution in [0.5, 0.6) is 11.5 Å². The van der Waals surface area contributed by atoms with Crippen molar-refractivity contribution in [3.05, 3.63) is 47.5 Å². The highest BCUT2D eigenvalue weighted by atomic mass is 32.2. The van der Waals surface area contributed by atoms with Crippen molar-refractivity contribution in [2.75, 3.05) is 32.6 Å². The molecule has 31 heavy (non-hydrogen) atoms. The van der Waals surface area contributed by atoms with Crippen molar-refractivity contribution in [2.24, 2.45) is 10.3 Å². The van der Waals surface area contributed by atoms with E-state index in [2.05, 4.69) is 9.71 Å². The average molecular weight is 444 g/mol. The van der Waals surface area contributed by atoms with Crippen LogP contribution in [0.15, 0.2) is 45.7 Å². The van der Waals surface area contributed by atoms with Gasteiger partial charge >= 0.3 is 0 Å². The van der Waals surface area contributed by atoms with Gasteiger partial charge in [-0.3, -0.25) is 4.79 Å². The van der Waals surface area contributed by atoms with Gasteiger partial charge < -0.3 is 19.7 Å². The van der Waals surface area contributed by atoms with Crippen molar-refractivity contribution in [1.82, 2.24) is 4.90 Å². The Bertz CT molecular complexity index is 1160. The van der Waals surface area contributed by atoms with Gasteiger partial charge in [0.05, 0.1) is 20.1 Å². The minimum absolute atomic E-state index is 0.116. The number of amides is 1. The molecule has 2 aliphatic rings. The van der Waals surface area contributed by atoms with Gasteiger partial charge in [0, 0.05) is 30.4 Å². The van der Waals surface area contributed by atoms with Crippen molar-refractivity contribution in [1.29, 1.82) is 0 Å². The fourth-order valence-electron chi connectivity index (χ4n) is 4.05. The fourth-order valence-corrected chi connectivity index (χ4v) is 5.28. The summed E-state index contributed by atoms with van der Waals surface area (Å²) in [6.45, 7) is 2.95. The highest BCUT2D eigenvalue weighted by molar-refractivity contribution is 7.90. The van der Waals surface area contributed by atoms with E-state index in [-0.39, 0.29) is 16.7 Å². The maximum absolute atomic E-state index is 13.0. The van der Waals surface area contributed by atoms with Gasteiger partial charge in [-0.25, -0.2) is 0 Å². The molecule has 1 atom stereocenters. The number of rotatable bonds is 4. The third-order valence-electron chi connectivity index (χ3n) is 5.69. The number of carbonyl (C=O) groups is 1. The summed E-state index contributed by atoms with van der Waals surface area (Å²) in [5.41, 5.74) is 2.11. The second-order valence-electron chi connectivity index (χ2n) is 7.68. The number of hydrogen-bond acceptors (Lipinski definition) is 6. The molecule has 8 nitrogen and oxygen atoms in total. The Morgan fingerprint density at radius 3 is 2.61 bits per heavy atom. The van der Waals surface area contributed by atoms with E-state index < -0.39 is 10.0 Å². The molecule has 2 aromatic rings. The number of anilines is 1. The van der Waals surface area contributed by atoms with Gasteiger partial charge in [0.1, 0.15) is 4.90 Å². The highest BCUT2D eigenvalue weighted by Gasteiger charge is 2.35. The lowest BCUT2D eigenvalue weighted by Gasteiger charge is -2.33. The summed E-state index contributed by atoms with van der Waals surface area (Å²) >= 11 is 0. The van der Waals surface area contributed by atoms with E-state index in [1.54, 1.807) is 44.6 Å². The number of aryl methyl sites for hydroxylation is 1. The predicted molar refractivity (Wildman–Crippen MR) is 117 cm³/mol. The number of hydrogen-bond donors (Lipinski definition) is 1. The highest BCUT2D eigenvalue weighted by Crippen LogP contribution is 2.34. The van der Waals surface area contributed by atoms with Gasteiger partial charge in [0.2, 0.25) is 5.91 Å². The summed E-state index contributed by atoms with van der Waals surface area (Å²) in [7, 11) is -0.577. The lowest BCUT2D eigenvalue weighted by Crippen LogP contribution is -2.43. The predicted octanol–water partition coefficient (Wildman–Crippen LogP) is 2.81. The molecule has 1 fully saturated rings. The molecule has 0 radical (unpaired) electrons. The van der Waals surface area contributed by atoms with Crippen LogP contribution in [-0.2, 0) is 14.8 Å². The van der Waals surface area contributed by atoms with Crippen molar-refractivity contribution in [3.63, 3.8) is 0 Å². The number of likely N-dealkylation sites (tertiary alicyclic amines) is 1. The van der Waals surface area contributed by atoms with Crippen LogP contribution in [-0.4, -0.2) is 52.4 Å². The maximum atomic E-state index is 13.0. The molecule has 1 amide bonds. The molecule has 0 spiro atoms. The number of amidine groups is 1. The van der Waals surface area contributed by atoms with Crippen molar-refractivity contribution in [3.8, 4) is 11.5 Å². The summed E-state index contributed by atoms with van der Waals surface area (Å²) in [5.74, 6) is 1.15. The first-order valence-corrected chi connectivity index (χ1v) is 11.5. The smallest absolute Gasteiger partial charge is 0.285 e. The van der Waals surface area contributed by atoms with Gasteiger partial charge in [-0.2, -0.15) is 8.42 Å². The molecule has 2 aliphatic heterocycles. The van der Waals surface area contributed by atoms with Crippen molar-refractivity contribution < 1.29 is 22.7 Å². The zero-order chi connectivity index (χ0) is 22.2. The minimum Gasteiger partial charge on any atom is -0.493 e. The summed E-state index contributed by atoms with van der Waals surface area (Å²) < 4.78 is 39.4. The van der Waals surface area contributed by atoms with E-state index >= 15 is 0 Å². The molecule has 2 heterocycles. The molecular weight excluding hydrogens is 418 g/mol. The van der Waals surface area contributed by atoms with Gasteiger partial charge in [0.25, 0.3) is 10.0 Å². The molecular formula is C22H25N3O5S.